The maximum atomic E-state index is 12.9. The van der Waals surface area contributed by atoms with Crippen molar-refractivity contribution in [2.45, 2.75) is 335 Å². The van der Waals surface area contributed by atoms with Gasteiger partial charge in [0, 0.05) is 19.3 Å². The largest absolute Gasteiger partial charge is 0.462 e. The van der Waals surface area contributed by atoms with Crippen molar-refractivity contribution in [3.63, 3.8) is 0 Å². The third kappa shape index (κ3) is 58.1. The number of ether oxygens (including phenoxy) is 3. The van der Waals surface area contributed by atoms with Gasteiger partial charge in [-0.2, -0.15) is 0 Å². The van der Waals surface area contributed by atoms with Crippen LogP contribution in [0.2, 0.25) is 0 Å². The van der Waals surface area contributed by atoms with Crippen LogP contribution in [0.3, 0.4) is 0 Å². The van der Waals surface area contributed by atoms with Gasteiger partial charge in [-0.1, -0.05) is 256 Å². The molecule has 0 amide bonds. The zero-order chi connectivity index (χ0) is 51.4. The van der Waals surface area contributed by atoms with Crippen molar-refractivity contribution in [1.82, 2.24) is 0 Å². The summed E-state index contributed by atoms with van der Waals surface area (Å²) in [4.78, 5) is 38.3. The van der Waals surface area contributed by atoms with Crippen LogP contribution in [-0.2, 0) is 28.6 Å². The first-order valence-electron chi connectivity index (χ1n) is 31.1. The number of hydrogen-bond donors (Lipinski definition) is 0. The van der Waals surface area contributed by atoms with Gasteiger partial charge in [0.2, 0.25) is 0 Å². The molecule has 0 radical (unpaired) electrons. The van der Waals surface area contributed by atoms with Gasteiger partial charge in [0.25, 0.3) is 0 Å². The van der Waals surface area contributed by atoms with Gasteiger partial charge in [0.15, 0.2) is 6.10 Å². The molecule has 6 nitrogen and oxygen atoms in total. The van der Waals surface area contributed by atoms with E-state index < -0.39 is 6.10 Å². The van der Waals surface area contributed by atoms with Crippen molar-refractivity contribution in [3.8, 4) is 0 Å². The molecule has 0 aromatic carbocycles. The lowest BCUT2D eigenvalue weighted by Gasteiger charge is -2.18. The number of allylic oxidation sites excluding steroid dienone is 8. The standard InChI is InChI=1S/C65H118O6/c1-4-7-10-13-16-19-22-25-28-30-31-32-33-35-37-40-43-46-49-52-55-58-64(67)70-61-62(60-69-63(66)57-54-51-48-45-42-39-36-27-24-21-18-15-12-9-6-3)71-65(68)59-56-53-50-47-44-41-38-34-29-26-23-20-17-14-11-8-5-2/h17,20,26-27,29-31,36,62H,4-16,18-19,21-25,28,32-35,37-61H2,1-3H3/b20-17-,29-26-,31-30-,36-27-. The molecule has 1 unspecified atom stereocenters. The molecule has 0 aromatic rings. The molecule has 0 spiro atoms. The summed E-state index contributed by atoms with van der Waals surface area (Å²) in [6.45, 7) is 6.64. The second-order valence-electron chi connectivity index (χ2n) is 21.0. The Bertz CT molecular complexity index is 1230. The molecule has 0 N–H and O–H groups in total. The van der Waals surface area contributed by atoms with E-state index in [9.17, 15) is 14.4 Å². The Morgan fingerprint density at radius 3 is 0.817 bits per heavy atom. The normalized spacial score (nSPS) is 12.3. The third-order valence-corrected chi connectivity index (χ3v) is 13.8. The van der Waals surface area contributed by atoms with Gasteiger partial charge in [0.05, 0.1) is 0 Å². The zero-order valence-corrected chi connectivity index (χ0v) is 47.5. The minimum atomic E-state index is -0.781. The van der Waals surface area contributed by atoms with Gasteiger partial charge in [-0.3, -0.25) is 14.4 Å². The molecule has 0 bridgehead atoms. The first-order valence-corrected chi connectivity index (χ1v) is 31.1. The van der Waals surface area contributed by atoms with Gasteiger partial charge < -0.3 is 14.2 Å². The fourth-order valence-corrected chi connectivity index (χ4v) is 9.05. The average molecular weight is 996 g/mol. The van der Waals surface area contributed by atoms with E-state index in [1.807, 2.05) is 0 Å². The van der Waals surface area contributed by atoms with Crippen molar-refractivity contribution in [1.29, 1.82) is 0 Å². The van der Waals surface area contributed by atoms with Crippen molar-refractivity contribution in [3.05, 3.63) is 48.6 Å². The predicted octanol–water partition coefficient (Wildman–Crippen LogP) is 21.0. The summed E-state index contributed by atoms with van der Waals surface area (Å²) in [7, 11) is 0. The molecule has 0 saturated heterocycles. The van der Waals surface area contributed by atoms with Crippen molar-refractivity contribution < 1.29 is 28.6 Å². The fourth-order valence-electron chi connectivity index (χ4n) is 9.05. The van der Waals surface area contributed by atoms with Crippen LogP contribution < -0.4 is 0 Å². The van der Waals surface area contributed by atoms with Crippen LogP contribution in [0.5, 0.6) is 0 Å². The minimum Gasteiger partial charge on any atom is -0.462 e. The molecule has 0 rings (SSSR count). The van der Waals surface area contributed by atoms with Crippen molar-refractivity contribution in [2.24, 2.45) is 0 Å². The number of hydrogen-bond acceptors (Lipinski definition) is 6. The summed E-state index contributed by atoms with van der Waals surface area (Å²) in [5.74, 6) is -0.880. The molecule has 0 saturated carbocycles. The quantitative estimate of drug-likeness (QED) is 0.0261. The van der Waals surface area contributed by atoms with E-state index in [0.29, 0.717) is 19.3 Å². The van der Waals surface area contributed by atoms with Crippen LogP contribution in [0.1, 0.15) is 329 Å². The Balaban J connectivity index is 4.35. The molecule has 0 aliphatic rings. The van der Waals surface area contributed by atoms with E-state index in [0.717, 1.165) is 77.0 Å². The second-order valence-corrected chi connectivity index (χ2v) is 21.0. The highest BCUT2D eigenvalue weighted by atomic mass is 16.6. The van der Waals surface area contributed by atoms with Crippen LogP contribution in [0.15, 0.2) is 48.6 Å². The number of carbonyl (C=O) groups is 3. The predicted molar refractivity (Wildman–Crippen MR) is 307 cm³/mol. The average Bonchev–Trinajstić information content (AvgIpc) is 3.37. The summed E-state index contributed by atoms with van der Waals surface area (Å²) in [6, 6.07) is 0. The fraction of sp³-hybridized carbons (Fsp3) is 0.831. The maximum absolute atomic E-state index is 12.9. The van der Waals surface area contributed by atoms with E-state index in [-0.39, 0.29) is 31.1 Å². The van der Waals surface area contributed by atoms with Crippen LogP contribution in [0.4, 0.5) is 0 Å². The van der Waals surface area contributed by atoms with Gasteiger partial charge in [-0.25, -0.2) is 0 Å². The highest BCUT2D eigenvalue weighted by molar-refractivity contribution is 5.71. The Hall–Kier alpha value is -2.63. The SMILES string of the molecule is CCCCC/C=C\C/C=C\CCCCCCCCCC(=O)OC(COC(=O)CCCCCCC/C=C\CCCCCCCC)COC(=O)CCCCCCCCCCC/C=C\CCCCCCCCCC. The molecule has 0 aliphatic carbocycles. The Morgan fingerprint density at radius 2 is 0.507 bits per heavy atom. The lowest BCUT2D eigenvalue weighted by Crippen LogP contribution is -2.30. The molecule has 0 aliphatic heterocycles. The van der Waals surface area contributed by atoms with Gasteiger partial charge in [-0.05, 0) is 103 Å². The second kappa shape index (κ2) is 59.9. The van der Waals surface area contributed by atoms with Gasteiger partial charge in [-0.15, -0.1) is 0 Å². The smallest absolute Gasteiger partial charge is 0.306 e. The number of carbonyl (C=O) groups excluding carboxylic acids is 3. The van der Waals surface area contributed by atoms with Crippen LogP contribution in [-0.4, -0.2) is 37.2 Å². The molecular formula is C65H118O6. The minimum absolute atomic E-state index is 0.0781. The molecule has 0 heterocycles. The molecule has 414 valence electrons. The van der Waals surface area contributed by atoms with Crippen LogP contribution in [0, 0.1) is 0 Å². The van der Waals surface area contributed by atoms with E-state index in [1.165, 1.54) is 212 Å². The Labute approximate surface area is 441 Å². The van der Waals surface area contributed by atoms with Crippen LogP contribution >= 0.6 is 0 Å². The summed E-state index contributed by atoms with van der Waals surface area (Å²) in [6.07, 6.45) is 73.9. The Kier molecular flexibility index (Phi) is 57.7. The summed E-state index contributed by atoms with van der Waals surface area (Å²) < 4.78 is 16.9. The molecule has 0 aromatic heterocycles. The topological polar surface area (TPSA) is 78.9 Å². The van der Waals surface area contributed by atoms with Gasteiger partial charge in [0.1, 0.15) is 13.2 Å². The number of esters is 3. The molecule has 1 atom stereocenters. The maximum Gasteiger partial charge on any atom is 0.306 e. The van der Waals surface area contributed by atoms with Crippen molar-refractivity contribution >= 4 is 17.9 Å². The third-order valence-electron chi connectivity index (χ3n) is 13.8. The van der Waals surface area contributed by atoms with Gasteiger partial charge >= 0.3 is 17.9 Å². The van der Waals surface area contributed by atoms with E-state index in [4.69, 9.17) is 14.2 Å². The summed E-state index contributed by atoms with van der Waals surface area (Å²) in [5, 5.41) is 0. The summed E-state index contributed by atoms with van der Waals surface area (Å²) in [5.41, 5.74) is 0. The zero-order valence-electron chi connectivity index (χ0n) is 47.5. The number of rotatable bonds is 57. The van der Waals surface area contributed by atoms with E-state index in [2.05, 4.69) is 69.4 Å². The highest BCUT2D eigenvalue weighted by Gasteiger charge is 2.19. The molecule has 0 fully saturated rings. The lowest BCUT2D eigenvalue weighted by atomic mass is 10.1. The monoisotopic (exact) mass is 995 g/mol. The number of unbranched alkanes of at least 4 members (excludes halogenated alkanes) is 38. The Morgan fingerprint density at radius 1 is 0.282 bits per heavy atom. The molecule has 71 heavy (non-hydrogen) atoms. The first-order chi connectivity index (χ1) is 35.0. The molecular weight excluding hydrogens is 877 g/mol. The van der Waals surface area contributed by atoms with E-state index in [1.54, 1.807) is 0 Å². The lowest BCUT2D eigenvalue weighted by molar-refractivity contribution is -0.167. The van der Waals surface area contributed by atoms with E-state index >= 15 is 0 Å². The highest BCUT2D eigenvalue weighted by Crippen LogP contribution is 2.16. The van der Waals surface area contributed by atoms with Crippen LogP contribution in [0.25, 0.3) is 0 Å². The first kappa shape index (κ1) is 68.4. The summed E-state index contributed by atoms with van der Waals surface area (Å²) >= 11 is 0. The molecule has 6 heteroatoms. The van der Waals surface area contributed by atoms with Crippen molar-refractivity contribution in [2.75, 3.05) is 13.2 Å².